The maximum Gasteiger partial charge on any atom is 0.494 e. The highest BCUT2D eigenvalue weighted by molar-refractivity contribution is 6.62. The Kier molecular flexibility index (Phi) is 3.93. The molecule has 0 bridgehead atoms. The zero-order valence-corrected chi connectivity index (χ0v) is 12.2. The predicted molar refractivity (Wildman–Crippen MR) is 75.1 cm³/mol. The third kappa shape index (κ3) is 2.73. The van der Waals surface area contributed by atoms with Gasteiger partial charge in [0, 0.05) is 0 Å². The minimum Gasteiger partial charge on any atom is -0.399 e. The summed E-state index contributed by atoms with van der Waals surface area (Å²) in [7, 11) is -0.489. The fraction of sp³-hybridized carbons (Fsp3) is 0.571. The molecule has 3 nitrogen and oxygen atoms in total. The van der Waals surface area contributed by atoms with Gasteiger partial charge in [-0.2, -0.15) is 0 Å². The maximum atomic E-state index is 12.5. The number of hydrogen-bond donors (Lipinski definition) is 1. The second kappa shape index (κ2) is 5.09. The standard InChI is InChI=1S/C14H20BF2NO2/c1-13(2)14(3,4)20-15(19-13)10-7-5-9(6-8-10)11(18)12(16)17/h5-8,11-12H,18H2,1-4H3. The van der Waals surface area contributed by atoms with Gasteiger partial charge >= 0.3 is 7.12 Å². The predicted octanol–water partition coefficient (Wildman–Crippen LogP) is 2.25. The highest BCUT2D eigenvalue weighted by Crippen LogP contribution is 2.36. The molecule has 1 fully saturated rings. The molecule has 0 spiro atoms. The fourth-order valence-corrected chi connectivity index (χ4v) is 2.00. The molecule has 0 radical (unpaired) electrons. The van der Waals surface area contributed by atoms with Crippen molar-refractivity contribution in [3.05, 3.63) is 29.8 Å². The summed E-state index contributed by atoms with van der Waals surface area (Å²) in [6.07, 6.45) is -2.57. The second-order valence-corrected chi connectivity index (χ2v) is 6.12. The highest BCUT2D eigenvalue weighted by atomic mass is 19.3. The molecule has 1 aliphatic rings. The molecule has 0 saturated carbocycles. The topological polar surface area (TPSA) is 44.5 Å². The van der Waals surface area contributed by atoms with Crippen LogP contribution < -0.4 is 11.2 Å². The second-order valence-electron chi connectivity index (χ2n) is 6.12. The molecule has 1 atom stereocenters. The van der Waals surface area contributed by atoms with Gasteiger partial charge < -0.3 is 15.0 Å². The quantitative estimate of drug-likeness (QED) is 0.865. The van der Waals surface area contributed by atoms with Crippen molar-refractivity contribution < 1.29 is 18.1 Å². The van der Waals surface area contributed by atoms with Crippen LogP contribution in [0.25, 0.3) is 0 Å². The molecule has 1 aromatic carbocycles. The molecule has 0 amide bonds. The van der Waals surface area contributed by atoms with Gasteiger partial charge in [-0.25, -0.2) is 8.78 Å². The van der Waals surface area contributed by atoms with Crippen molar-refractivity contribution in [2.45, 2.75) is 51.4 Å². The lowest BCUT2D eigenvalue weighted by Gasteiger charge is -2.32. The van der Waals surface area contributed by atoms with E-state index in [0.29, 0.717) is 5.56 Å². The summed E-state index contributed by atoms with van der Waals surface area (Å²) in [5.74, 6) is 0. The summed E-state index contributed by atoms with van der Waals surface area (Å²) in [4.78, 5) is 0. The van der Waals surface area contributed by atoms with Crippen molar-refractivity contribution in [3.8, 4) is 0 Å². The van der Waals surface area contributed by atoms with Gasteiger partial charge in [0.2, 0.25) is 0 Å². The Morgan fingerprint density at radius 3 is 1.85 bits per heavy atom. The molecule has 0 aliphatic carbocycles. The van der Waals surface area contributed by atoms with Crippen molar-refractivity contribution in [2.24, 2.45) is 5.73 Å². The van der Waals surface area contributed by atoms with Gasteiger partial charge in [-0.15, -0.1) is 0 Å². The van der Waals surface area contributed by atoms with Gasteiger partial charge in [-0.05, 0) is 38.7 Å². The fourth-order valence-electron chi connectivity index (χ4n) is 2.00. The largest absolute Gasteiger partial charge is 0.494 e. The van der Waals surface area contributed by atoms with Crippen molar-refractivity contribution in [2.75, 3.05) is 0 Å². The minimum atomic E-state index is -2.57. The van der Waals surface area contributed by atoms with Crippen LogP contribution in [-0.2, 0) is 9.31 Å². The smallest absolute Gasteiger partial charge is 0.399 e. The first-order valence-electron chi connectivity index (χ1n) is 6.63. The molecular weight excluding hydrogens is 263 g/mol. The summed E-state index contributed by atoms with van der Waals surface area (Å²) in [6.45, 7) is 7.87. The monoisotopic (exact) mass is 283 g/mol. The van der Waals surface area contributed by atoms with E-state index in [1.165, 1.54) is 0 Å². The zero-order chi connectivity index (χ0) is 15.1. The summed E-state index contributed by atoms with van der Waals surface area (Å²) in [5.41, 5.74) is 5.78. The Morgan fingerprint density at radius 1 is 1.00 bits per heavy atom. The SMILES string of the molecule is CC1(C)OB(c2ccc(C(N)C(F)F)cc2)OC1(C)C. The number of benzene rings is 1. The first-order valence-corrected chi connectivity index (χ1v) is 6.63. The van der Waals surface area contributed by atoms with Crippen LogP contribution in [0.15, 0.2) is 24.3 Å². The zero-order valence-electron chi connectivity index (χ0n) is 12.2. The normalized spacial score (nSPS) is 22.3. The molecule has 1 aliphatic heterocycles. The number of alkyl halides is 2. The Labute approximate surface area is 118 Å². The number of hydrogen-bond acceptors (Lipinski definition) is 3. The Bertz CT molecular complexity index is 461. The summed E-state index contributed by atoms with van der Waals surface area (Å²) in [6, 6.07) is 5.37. The Hall–Kier alpha value is -0.975. The van der Waals surface area contributed by atoms with E-state index in [0.717, 1.165) is 5.46 Å². The molecule has 1 unspecified atom stereocenters. The van der Waals surface area contributed by atoms with E-state index in [1.54, 1.807) is 24.3 Å². The van der Waals surface area contributed by atoms with E-state index in [1.807, 2.05) is 27.7 Å². The summed E-state index contributed by atoms with van der Waals surface area (Å²) >= 11 is 0. The summed E-state index contributed by atoms with van der Waals surface area (Å²) in [5, 5.41) is 0. The van der Waals surface area contributed by atoms with Gasteiger partial charge in [0.05, 0.1) is 17.2 Å². The van der Waals surface area contributed by atoms with E-state index in [9.17, 15) is 8.78 Å². The molecule has 2 N–H and O–H groups in total. The van der Waals surface area contributed by atoms with Crippen molar-refractivity contribution in [1.29, 1.82) is 0 Å². The molecule has 2 rings (SSSR count). The van der Waals surface area contributed by atoms with Gasteiger partial charge in [0.15, 0.2) is 0 Å². The van der Waals surface area contributed by atoms with Crippen LogP contribution >= 0.6 is 0 Å². The van der Waals surface area contributed by atoms with E-state index in [-0.39, 0.29) is 0 Å². The maximum absolute atomic E-state index is 12.5. The van der Waals surface area contributed by atoms with E-state index >= 15 is 0 Å². The lowest BCUT2D eigenvalue weighted by atomic mass is 9.78. The van der Waals surface area contributed by atoms with E-state index in [4.69, 9.17) is 15.0 Å². The van der Waals surface area contributed by atoms with Crippen LogP contribution in [0.1, 0.15) is 39.3 Å². The van der Waals surface area contributed by atoms with Crippen LogP contribution in [0, 0.1) is 0 Å². The molecule has 20 heavy (non-hydrogen) atoms. The molecule has 1 aromatic rings. The first-order chi connectivity index (χ1) is 9.14. The lowest BCUT2D eigenvalue weighted by molar-refractivity contribution is 0.00578. The van der Waals surface area contributed by atoms with Crippen LogP contribution in [0.2, 0.25) is 0 Å². The number of rotatable bonds is 3. The van der Waals surface area contributed by atoms with Crippen molar-refractivity contribution >= 4 is 12.6 Å². The molecule has 0 aromatic heterocycles. The average Bonchev–Trinajstić information content (AvgIpc) is 2.57. The minimum absolute atomic E-state index is 0.403. The van der Waals surface area contributed by atoms with E-state index in [2.05, 4.69) is 0 Å². The third-order valence-corrected chi connectivity index (χ3v) is 4.12. The average molecular weight is 283 g/mol. The lowest BCUT2D eigenvalue weighted by Crippen LogP contribution is -2.41. The van der Waals surface area contributed by atoms with Crippen molar-refractivity contribution in [3.63, 3.8) is 0 Å². The molecule has 1 saturated heterocycles. The third-order valence-electron chi connectivity index (χ3n) is 4.12. The Morgan fingerprint density at radius 2 is 1.45 bits per heavy atom. The first kappa shape index (κ1) is 15.4. The van der Waals surface area contributed by atoms with Gasteiger partial charge in [-0.3, -0.25) is 0 Å². The number of halogens is 2. The van der Waals surface area contributed by atoms with Gasteiger partial charge in [0.25, 0.3) is 6.43 Å². The van der Waals surface area contributed by atoms with Crippen LogP contribution in [0.4, 0.5) is 8.78 Å². The van der Waals surface area contributed by atoms with Gasteiger partial charge in [-0.1, -0.05) is 24.3 Å². The van der Waals surface area contributed by atoms with Crippen molar-refractivity contribution in [1.82, 2.24) is 0 Å². The molecule has 1 heterocycles. The van der Waals surface area contributed by atoms with Gasteiger partial charge in [0.1, 0.15) is 0 Å². The Balaban J connectivity index is 2.16. The molecular formula is C14H20BF2NO2. The van der Waals surface area contributed by atoms with Crippen LogP contribution in [-0.4, -0.2) is 24.7 Å². The molecule has 6 heteroatoms. The molecule has 110 valence electrons. The van der Waals surface area contributed by atoms with Crippen LogP contribution in [0.5, 0.6) is 0 Å². The van der Waals surface area contributed by atoms with E-state index < -0.39 is 30.8 Å². The number of nitrogens with two attached hydrogens (primary N) is 1. The van der Waals surface area contributed by atoms with Crippen LogP contribution in [0.3, 0.4) is 0 Å². The summed E-state index contributed by atoms with van der Waals surface area (Å²) < 4.78 is 36.9. The highest BCUT2D eigenvalue weighted by Gasteiger charge is 2.51.